The zero-order valence-electron chi connectivity index (χ0n) is 12.5. The third-order valence-corrected chi connectivity index (χ3v) is 4.42. The number of hydrogen-bond donors (Lipinski definition) is 0. The van der Waals surface area contributed by atoms with Crippen molar-refractivity contribution < 1.29 is 0 Å². The van der Waals surface area contributed by atoms with Crippen LogP contribution in [-0.2, 0) is 6.54 Å². The van der Waals surface area contributed by atoms with Crippen molar-refractivity contribution >= 4 is 35.0 Å². The SMILES string of the molecule is CC(C)Cn1c(S[C@H](C)C#N)nnc1-c1ccc(Cl)cc1Cl. The van der Waals surface area contributed by atoms with Gasteiger partial charge in [0.05, 0.1) is 16.3 Å². The molecule has 2 aromatic rings. The highest BCUT2D eigenvalue weighted by atomic mass is 35.5. The highest BCUT2D eigenvalue weighted by Crippen LogP contribution is 2.32. The van der Waals surface area contributed by atoms with E-state index in [-0.39, 0.29) is 5.25 Å². The second-order valence-corrected chi connectivity index (χ2v) is 7.48. The Balaban J connectivity index is 2.49. The lowest BCUT2D eigenvalue weighted by Crippen LogP contribution is -2.09. The highest BCUT2D eigenvalue weighted by molar-refractivity contribution is 8.00. The first kappa shape index (κ1) is 17.1. The zero-order chi connectivity index (χ0) is 16.3. The summed E-state index contributed by atoms with van der Waals surface area (Å²) >= 11 is 13.6. The third-order valence-electron chi connectivity index (χ3n) is 2.90. The van der Waals surface area contributed by atoms with Crippen LogP contribution in [0.15, 0.2) is 23.4 Å². The van der Waals surface area contributed by atoms with Gasteiger partial charge in [0, 0.05) is 17.1 Å². The molecule has 0 amide bonds. The van der Waals surface area contributed by atoms with E-state index in [1.807, 2.05) is 17.6 Å². The molecule has 0 saturated carbocycles. The Morgan fingerprint density at radius 2 is 2.00 bits per heavy atom. The van der Waals surface area contributed by atoms with Crippen LogP contribution in [0, 0.1) is 17.2 Å². The van der Waals surface area contributed by atoms with Gasteiger partial charge in [0.15, 0.2) is 11.0 Å². The molecule has 0 aliphatic heterocycles. The number of hydrogen-bond acceptors (Lipinski definition) is 4. The maximum Gasteiger partial charge on any atom is 0.192 e. The fraction of sp³-hybridized carbons (Fsp3) is 0.400. The van der Waals surface area contributed by atoms with Crippen LogP contribution in [0.3, 0.4) is 0 Å². The molecule has 1 heterocycles. The lowest BCUT2D eigenvalue weighted by atomic mass is 10.2. The summed E-state index contributed by atoms with van der Waals surface area (Å²) in [6, 6.07) is 7.51. The number of rotatable bonds is 5. The number of nitrogens with zero attached hydrogens (tertiary/aromatic N) is 4. The van der Waals surface area contributed by atoms with E-state index in [2.05, 4.69) is 30.1 Å². The second kappa shape index (κ2) is 7.36. The Bertz CT molecular complexity index is 706. The summed E-state index contributed by atoms with van der Waals surface area (Å²) in [6.45, 7) is 6.83. The number of thioether (sulfide) groups is 1. The van der Waals surface area contributed by atoms with Crippen molar-refractivity contribution in [2.45, 2.75) is 37.7 Å². The van der Waals surface area contributed by atoms with Gasteiger partial charge in [0.1, 0.15) is 0 Å². The van der Waals surface area contributed by atoms with E-state index < -0.39 is 0 Å². The van der Waals surface area contributed by atoms with E-state index in [0.717, 1.165) is 17.3 Å². The van der Waals surface area contributed by atoms with E-state index in [0.29, 0.717) is 21.8 Å². The molecule has 7 heteroatoms. The first-order chi connectivity index (χ1) is 10.4. The highest BCUT2D eigenvalue weighted by Gasteiger charge is 2.19. The Kier molecular flexibility index (Phi) is 5.74. The minimum Gasteiger partial charge on any atom is -0.302 e. The molecule has 1 aromatic heterocycles. The molecular weight excluding hydrogens is 339 g/mol. The lowest BCUT2D eigenvalue weighted by molar-refractivity contribution is 0.498. The van der Waals surface area contributed by atoms with Gasteiger partial charge in [-0.3, -0.25) is 0 Å². The average Bonchev–Trinajstić information content (AvgIpc) is 2.81. The van der Waals surface area contributed by atoms with Gasteiger partial charge in [0.25, 0.3) is 0 Å². The van der Waals surface area contributed by atoms with Crippen LogP contribution >= 0.6 is 35.0 Å². The Morgan fingerprint density at radius 3 is 2.59 bits per heavy atom. The van der Waals surface area contributed by atoms with E-state index in [1.54, 1.807) is 12.1 Å². The van der Waals surface area contributed by atoms with Gasteiger partial charge < -0.3 is 4.57 Å². The molecule has 116 valence electrons. The topological polar surface area (TPSA) is 54.5 Å². The molecule has 22 heavy (non-hydrogen) atoms. The van der Waals surface area contributed by atoms with Crippen molar-refractivity contribution in [1.82, 2.24) is 14.8 Å². The maximum absolute atomic E-state index is 9.00. The van der Waals surface area contributed by atoms with E-state index in [9.17, 15) is 0 Å². The van der Waals surface area contributed by atoms with Crippen LogP contribution in [0.5, 0.6) is 0 Å². The van der Waals surface area contributed by atoms with Gasteiger partial charge in [-0.25, -0.2) is 0 Å². The first-order valence-electron chi connectivity index (χ1n) is 6.87. The molecule has 0 bridgehead atoms. The van der Waals surface area contributed by atoms with E-state index in [4.69, 9.17) is 28.5 Å². The van der Waals surface area contributed by atoms with Crippen molar-refractivity contribution in [3.63, 3.8) is 0 Å². The standard InChI is InChI=1S/C15H16Cl2N4S/c1-9(2)8-21-14(12-5-4-11(16)6-13(12)17)19-20-15(21)22-10(3)7-18/h4-6,9-10H,8H2,1-3H3/t10-/m1/s1. The van der Waals surface area contributed by atoms with Gasteiger partial charge in [-0.05, 0) is 31.0 Å². The van der Waals surface area contributed by atoms with Gasteiger partial charge in [-0.15, -0.1) is 10.2 Å². The normalized spacial score (nSPS) is 12.4. The molecule has 0 aliphatic carbocycles. The lowest BCUT2D eigenvalue weighted by Gasteiger charge is -2.13. The molecule has 1 aromatic carbocycles. The molecule has 4 nitrogen and oxygen atoms in total. The second-order valence-electron chi connectivity index (χ2n) is 5.32. The van der Waals surface area contributed by atoms with Crippen LogP contribution in [0.2, 0.25) is 10.0 Å². The molecule has 2 rings (SSSR count). The molecule has 0 unspecified atom stereocenters. The largest absolute Gasteiger partial charge is 0.302 e. The Morgan fingerprint density at radius 1 is 1.27 bits per heavy atom. The van der Waals surface area contributed by atoms with Crippen LogP contribution in [0.4, 0.5) is 0 Å². The van der Waals surface area contributed by atoms with Crippen molar-refractivity contribution in [3.8, 4) is 17.5 Å². The number of aromatic nitrogens is 3. The van der Waals surface area contributed by atoms with Gasteiger partial charge in [-0.2, -0.15) is 5.26 Å². The molecule has 0 spiro atoms. The van der Waals surface area contributed by atoms with Crippen LogP contribution in [-0.4, -0.2) is 20.0 Å². The number of halogens is 2. The fourth-order valence-corrected chi connectivity index (χ4v) is 3.20. The van der Waals surface area contributed by atoms with Gasteiger partial charge in [-0.1, -0.05) is 48.8 Å². The number of benzene rings is 1. The summed E-state index contributed by atoms with van der Waals surface area (Å²) in [6.07, 6.45) is 0. The predicted octanol–water partition coefficient (Wildman–Crippen LogP) is 4.91. The summed E-state index contributed by atoms with van der Waals surface area (Å²) in [5, 5.41) is 19.2. The van der Waals surface area contributed by atoms with Crippen LogP contribution in [0.25, 0.3) is 11.4 Å². The van der Waals surface area contributed by atoms with Gasteiger partial charge in [0.2, 0.25) is 0 Å². The summed E-state index contributed by atoms with van der Waals surface area (Å²) in [7, 11) is 0. The smallest absolute Gasteiger partial charge is 0.192 e. The summed E-state index contributed by atoms with van der Waals surface area (Å²) in [5.41, 5.74) is 0.788. The molecular formula is C15H16Cl2N4S. The van der Waals surface area contributed by atoms with Crippen molar-refractivity contribution in [1.29, 1.82) is 5.26 Å². The summed E-state index contributed by atoms with van der Waals surface area (Å²) in [5.74, 6) is 1.11. The van der Waals surface area contributed by atoms with E-state index in [1.165, 1.54) is 11.8 Å². The zero-order valence-corrected chi connectivity index (χ0v) is 14.9. The number of nitriles is 1. The quantitative estimate of drug-likeness (QED) is 0.715. The maximum atomic E-state index is 9.00. The predicted molar refractivity (Wildman–Crippen MR) is 91.2 cm³/mol. The van der Waals surface area contributed by atoms with Crippen LogP contribution < -0.4 is 0 Å². The minimum absolute atomic E-state index is 0.191. The monoisotopic (exact) mass is 354 g/mol. The van der Waals surface area contributed by atoms with Crippen molar-refractivity contribution in [3.05, 3.63) is 28.2 Å². The van der Waals surface area contributed by atoms with E-state index >= 15 is 0 Å². The molecule has 0 saturated heterocycles. The molecule has 0 N–H and O–H groups in total. The molecule has 0 radical (unpaired) electrons. The van der Waals surface area contributed by atoms with Gasteiger partial charge >= 0.3 is 0 Å². The molecule has 0 aliphatic rings. The van der Waals surface area contributed by atoms with Crippen molar-refractivity contribution in [2.75, 3.05) is 0 Å². The third kappa shape index (κ3) is 3.95. The fourth-order valence-electron chi connectivity index (χ4n) is 1.96. The average molecular weight is 355 g/mol. The molecule has 0 fully saturated rings. The minimum atomic E-state index is -0.191. The van der Waals surface area contributed by atoms with Crippen LogP contribution in [0.1, 0.15) is 20.8 Å². The Labute approximate surface area is 144 Å². The summed E-state index contributed by atoms with van der Waals surface area (Å²) < 4.78 is 2.01. The first-order valence-corrected chi connectivity index (χ1v) is 8.50. The molecule has 1 atom stereocenters. The Hall–Kier alpha value is -1.22. The summed E-state index contributed by atoms with van der Waals surface area (Å²) in [4.78, 5) is 0. The van der Waals surface area contributed by atoms with Crippen molar-refractivity contribution in [2.24, 2.45) is 5.92 Å².